The van der Waals surface area contributed by atoms with Crippen molar-refractivity contribution in [3.63, 3.8) is 0 Å². The summed E-state index contributed by atoms with van der Waals surface area (Å²) in [5, 5.41) is 0.213. The van der Waals surface area contributed by atoms with Gasteiger partial charge in [0.15, 0.2) is 0 Å². The highest BCUT2D eigenvalue weighted by atomic mass is 35.5. The molecule has 0 N–H and O–H groups in total. The standard InChI is InChI=1S/C9H13Cl/c1-6-4-5-7(2)9(10)8(6)3/h4-5,8-9H,1-3H3. The summed E-state index contributed by atoms with van der Waals surface area (Å²) in [5.74, 6) is 0.506. The maximum absolute atomic E-state index is 6.10. The van der Waals surface area contributed by atoms with E-state index in [9.17, 15) is 0 Å². The van der Waals surface area contributed by atoms with E-state index in [1.807, 2.05) is 0 Å². The lowest BCUT2D eigenvalue weighted by Crippen LogP contribution is -2.16. The Bertz CT molecular complexity index is 167. The van der Waals surface area contributed by atoms with Crippen LogP contribution in [0.4, 0.5) is 0 Å². The first-order valence-corrected chi connectivity index (χ1v) is 4.05. The van der Waals surface area contributed by atoms with Gasteiger partial charge in [0.2, 0.25) is 0 Å². The molecule has 0 radical (unpaired) electrons. The van der Waals surface area contributed by atoms with E-state index in [1.54, 1.807) is 0 Å². The molecule has 1 aliphatic carbocycles. The molecule has 1 aliphatic rings. The Morgan fingerprint density at radius 2 is 1.70 bits per heavy atom. The van der Waals surface area contributed by atoms with Crippen LogP contribution in [0.5, 0.6) is 0 Å². The molecule has 0 fully saturated rings. The van der Waals surface area contributed by atoms with Gasteiger partial charge in [0, 0.05) is 0 Å². The first kappa shape index (κ1) is 7.87. The average Bonchev–Trinajstić information content (AvgIpc) is 1.93. The van der Waals surface area contributed by atoms with Gasteiger partial charge in [-0.05, 0) is 19.8 Å². The fraction of sp³-hybridized carbons (Fsp3) is 0.556. The van der Waals surface area contributed by atoms with Crippen molar-refractivity contribution >= 4 is 11.6 Å². The fourth-order valence-corrected chi connectivity index (χ4v) is 1.40. The van der Waals surface area contributed by atoms with Crippen molar-refractivity contribution in [2.24, 2.45) is 5.92 Å². The Balaban J connectivity index is 2.86. The number of hydrogen-bond donors (Lipinski definition) is 0. The number of rotatable bonds is 0. The quantitative estimate of drug-likeness (QED) is 0.473. The van der Waals surface area contributed by atoms with Crippen molar-refractivity contribution < 1.29 is 0 Å². The van der Waals surface area contributed by atoms with E-state index in [1.165, 1.54) is 11.1 Å². The highest BCUT2D eigenvalue weighted by Crippen LogP contribution is 2.28. The third kappa shape index (κ3) is 1.27. The van der Waals surface area contributed by atoms with Gasteiger partial charge in [-0.1, -0.05) is 30.2 Å². The molecule has 0 bridgehead atoms. The Labute approximate surface area is 67.6 Å². The van der Waals surface area contributed by atoms with Gasteiger partial charge in [-0.15, -0.1) is 11.6 Å². The summed E-state index contributed by atoms with van der Waals surface area (Å²) in [4.78, 5) is 0. The maximum atomic E-state index is 6.10. The fourth-order valence-electron chi connectivity index (χ4n) is 1.13. The molecule has 2 unspecified atom stereocenters. The second-order valence-corrected chi connectivity index (χ2v) is 3.48. The smallest absolute Gasteiger partial charge is 0.0608 e. The van der Waals surface area contributed by atoms with Gasteiger partial charge in [0.05, 0.1) is 5.38 Å². The summed E-state index contributed by atoms with van der Waals surface area (Å²) in [6, 6.07) is 0. The van der Waals surface area contributed by atoms with Crippen molar-refractivity contribution in [2.75, 3.05) is 0 Å². The minimum atomic E-state index is 0.213. The van der Waals surface area contributed by atoms with Crippen LogP contribution >= 0.6 is 11.6 Å². The van der Waals surface area contributed by atoms with Crippen molar-refractivity contribution in [1.29, 1.82) is 0 Å². The van der Waals surface area contributed by atoms with Crippen LogP contribution in [0.25, 0.3) is 0 Å². The molecule has 0 amide bonds. The molecule has 0 aromatic rings. The Kier molecular flexibility index (Phi) is 2.20. The number of alkyl halides is 1. The lowest BCUT2D eigenvalue weighted by molar-refractivity contribution is 0.670. The largest absolute Gasteiger partial charge is 0.118 e. The van der Waals surface area contributed by atoms with Crippen LogP contribution in [0.15, 0.2) is 23.3 Å². The van der Waals surface area contributed by atoms with Crippen molar-refractivity contribution in [1.82, 2.24) is 0 Å². The molecule has 2 atom stereocenters. The molecular formula is C9H13Cl. The van der Waals surface area contributed by atoms with Crippen LogP contribution in [-0.2, 0) is 0 Å². The van der Waals surface area contributed by atoms with Gasteiger partial charge in [-0.3, -0.25) is 0 Å². The maximum Gasteiger partial charge on any atom is 0.0608 e. The van der Waals surface area contributed by atoms with E-state index in [2.05, 4.69) is 32.9 Å². The third-order valence-electron chi connectivity index (χ3n) is 2.20. The van der Waals surface area contributed by atoms with Crippen molar-refractivity contribution in [3.8, 4) is 0 Å². The SMILES string of the molecule is CC1=CC=C(C)C(Cl)C1C. The molecule has 10 heavy (non-hydrogen) atoms. The van der Waals surface area contributed by atoms with Gasteiger partial charge >= 0.3 is 0 Å². The van der Waals surface area contributed by atoms with Crippen LogP contribution in [0.2, 0.25) is 0 Å². The molecule has 0 heterocycles. The second kappa shape index (κ2) is 2.79. The average molecular weight is 157 g/mol. The molecule has 0 aromatic heterocycles. The predicted molar refractivity (Wildman–Crippen MR) is 46.3 cm³/mol. The summed E-state index contributed by atoms with van der Waals surface area (Å²) in [7, 11) is 0. The Hall–Kier alpha value is -0.230. The minimum absolute atomic E-state index is 0.213. The molecule has 0 aliphatic heterocycles. The molecular weight excluding hydrogens is 144 g/mol. The number of allylic oxidation sites excluding steroid dienone is 4. The van der Waals surface area contributed by atoms with Crippen molar-refractivity contribution in [3.05, 3.63) is 23.3 Å². The van der Waals surface area contributed by atoms with E-state index in [-0.39, 0.29) is 5.38 Å². The predicted octanol–water partition coefficient (Wildman–Crippen LogP) is 3.14. The van der Waals surface area contributed by atoms with Gasteiger partial charge < -0.3 is 0 Å². The zero-order valence-corrected chi connectivity index (χ0v) is 7.44. The van der Waals surface area contributed by atoms with Gasteiger partial charge in [0.1, 0.15) is 0 Å². The topological polar surface area (TPSA) is 0 Å². The zero-order chi connectivity index (χ0) is 7.72. The molecule has 1 heteroatoms. The minimum Gasteiger partial charge on any atom is -0.118 e. The summed E-state index contributed by atoms with van der Waals surface area (Å²) >= 11 is 6.10. The Morgan fingerprint density at radius 1 is 1.20 bits per heavy atom. The highest BCUT2D eigenvalue weighted by Gasteiger charge is 2.19. The number of hydrogen-bond acceptors (Lipinski definition) is 0. The molecule has 0 saturated heterocycles. The monoisotopic (exact) mass is 156 g/mol. The van der Waals surface area contributed by atoms with E-state index in [4.69, 9.17) is 11.6 Å². The first-order valence-electron chi connectivity index (χ1n) is 3.62. The summed E-state index contributed by atoms with van der Waals surface area (Å²) in [5.41, 5.74) is 2.66. The zero-order valence-electron chi connectivity index (χ0n) is 6.69. The van der Waals surface area contributed by atoms with Gasteiger partial charge in [0.25, 0.3) is 0 Å². The van der Waals surface area contributed by atoms with E-state index < -0.39 is 0 Å². The van der Waals surface area contributed by atoms with Crippen LogP contribution in [-0.4, -0.2) is 5.38 Å². The first-order chi connectivity index (χ1) is 4.63. The van der Waals surface area contributed by atoms with Crippen LogP contribution in [0.1, 0.15) is 20.8 Å². The summed E-state index contributed by atoms with van der Waals surface area (Å²) < 4.78 is 0. The second-order valence-electron chi connectivity index (χ2n) is 3.01. The molecule has 0 aromatic carbocycles. The summed E-state index contributed by atoms with van der Waals surface area (Å²) in [6.07, 6.45) is 4.26. The lowest BCUT2D eigenvalue weighted by Gasteiger charge is -2.22. The van der Waals surface area contributed by atoms with Gasteiger partial charge in [-0.25, -0.2) is 0 Å². The normalized spacial score (nSPS) is 33.2. The van der Waals surface area contributed by atoms with Crippen molar-refractivity contribution in [2.45, 2.75) is 26.1 Å². The number of halogens is 1. The van der Waals surface area contributed by atoms with Crippen LogP contribution < -0.4 is 0 Å². The van der Waals surface area contributed by atoms with Crippen LogP contribution in [0, 0.1) is 5.92 Å². The summed E-state index contributed by atoms with van der Waals surface area (Å²) in [6.45, 7) is 6.38. The van der Waals surface area contributed by atoms with Crippen LogP contribution in [0.3, 0.4) is 0 Å². The lowest BCUT2D eigenvalue weighted by atomic mass is 9.90. The Morgan fingerprint density at radius 3 is 2.20 bits per heavy atom. The molecule has 0 nitrogen and oxygen atoms in total. The molecule has 0 saturated carbocycles. The third-order valence-corrected chi connectivity index (χ3v) is 2.92. The van der Waals surface area contributed by atoms with E-state index in [0.29, 0.717) is 5.92 Å². The van der Waals surface area contributed by atoms with E-state index in [0.717, 1.165) is 0 Å². The van der Waals surface area contributed by atoms with E-state index >= 15 is 0 Å². The van der Waals surface area contributed by atoms with Gasteiger partial charge in [-0.2, -0.15) is 0 Å². The molecule has 0 spiro atoms. The molecule has 56 valence electrons. The molecule has 1 rings (SSSR count). The highest BCUT2D eigenvalue weighted by molar-refractivity contribution is 6.22.